The SMILES string of the molecule is CCc1cccc(C)c1CNc1cc(C(=O)NCCOC)cn2c(C)nnc12. The number of aromatic nitrogens is 3. The van der Waals surface area contributed by atoms with Gasteiger partial charge in [0, 0.05) is 26.4 Å². The maximum Gasteiger partial charge on any atom is 0.252 e. The number of nitrogens with zero attached hydrogens (tertiary/aromatic N) is 3. The van der Waals surface area contributed by atoms with E-state index in [9.17, 15) is 4.79 Å². The second-order valence-electron chi connectivity index (χ2n) is 6.75. The van der Waals surface area contributed by atoms with E-state index < -0.39 is 0 Å². The molecule has 0 aliphatic carbocycles. The molecule has 28 heavy (non-hydrogen) atoms. The van der Waals surface area contributed by atoms with Crippen LogP contribution in [-0.4, -0.2) is 40.8 Å². The van der Waals surface area contributed by atoms with E-state index in [4.69, 9.17) is 4.74 Å². The number of hydrogen-bond acceptors (Lipinski definition) is 5. The van der Waals surface area contributed by atoms with Crippen molar-refractivity contribution >= 4 is 17.2 Å². The Morgan fingerprint density at radius 1 is 1.25 bits per heavy atom. The van der Waals surface area contributed by atoms with Crippen LogP contribution < -0.4 is 10.6 Å². The van der Waals surface area contributed by atoms with Gasteiger partial charge >= 0.3 is 0 Å². The van der Waals surface area contributed by atoms with Gasteiger partial charge in [-0.15, -0.1) is 10.2 Å². The zero-order chi connectivity index (χ0) is 20.1. The van der Waals surface area contributed by atoms with E-state index in [1.54, 1.807) is 13.3 Å². The Hall–Kier alpha value is -2.93. The normalized spacial score (nSPS) is 11.0. The fourth-order valence-corrected chi connectivity index (χ4v) is 3.26. The van der Waals surface area contributed by atoms with E-state index in [0.717, 1.165) is 17.9 Å². The van der Waals surface area contributed by atoms with Gasteiger partial charge in [0.15, 0.2) is 5.65 Å². The third-order valence-corrected chi connectivity index (χ3v) is 4.87. The van der Waals surface area contributed by atoms with Crippen molar-refractivity contribution in [3.05, 3.63) is 58.5 Å². The summed E-state index contributed by atoms with van der Waals surface area (Å²) in [6.07, 6.45) is 2.74. The van der Waals surface area contributed by atoms with Crippen molar-refractivity contribution in [3.63, 3.8) is 0 Å². The third kappa shape index (κ3) is 4.14. The van der Waals surface area contributed by atoms with E-state index in [-0.39, 0.29) is 5.91 Å². The monoisotopic (exact) mass is 381 g/mol. The maximum atomic E-state index is 12.5. The number of benzene rings is 1. The summed E-state index contributed by atoms with van der Waals surface area (Å²) >= 11 is 0. The Bertz CT molecular complexity index is 980. The number of nitrogens with one attached hydrogen (secondary N) is 2. The zero-order valence-corrected chi connectivity index (χ0v) is 16.9. The molecular formula is C21H27N5O2. The van der Waals surface area contributed by atoms with Gasteiger partial charge in [0.05, 0.1) is 17.9 Å². The van der Waals surface area contributed by atoms with Crippen molar-refractivity contribution in [3.8, 4) is 0 Å². The van der Waals surface area contributed by atoms with Crippen LogP contribution in [0.5, 0.6) is 0 Å². The maximum absolute atomic E-state index is 12.5. The number of ether oxygens (including phenoxy) is 1. The van der Waals surface area contributed by atoms with Crippen LogP contribution in [0.1, 0.15) is 39.8 Å². The Morgan fingerprint density at radius 2 is 2.07 bits per heavy atom. The van der Waals surface area contributed by atoms with Crippen LogP contribution in [0.3, 0.4) is 0 Å². The molecule has 0 saturated carbocycles. The molecule has 0 atom stereocenters. The van der Waals surface area contributed by atoms with Crippen molar-refractivity contribution in [2.45, 2.75) is 33.7 Å². The van der Waals surface area contributed by atoms with Gasteiger partial charge in [0.2, 0.25) is 0 Å². The van der Waals surface area contributed by atoms with Crippen LogP contribution in [0.4, 0.5) is 5.69 Å². The molecule has 0 bridgehead atoms. The number of carbonyl (C=O) groups is 1. The van der Waals surface area contributed by atoms with Gasteiger partial charge in [-0.05, 0) is 43.0 Å². The summed E-state index contributed by atoms with van der Waals surface area (Å²) in [4.78, 5) is 12.5. The molecule has 0 radical (unpaired) electrons. The van der Waals surface area contributed by atoms with Crippen LogP contribution in [0.25, 0.3) is 5.65 Å². The predicted molar refractivity (Wildman–Crippen MR) is 110 cm³/mol. The number of methoxy groups -OCH3 is 1. The van der Waals surface area contributed by atoms with Gasteiger partial charge < -0.3 is 15.4 Å². The fraction of sp³-hybridized carbons (Fsp3) is 0.381. The minimum atomic E-state index is -0.153. The quantitative estimate of drug-likeness (QED) is 0.587. The van der Waals surface area contributed by atoms with Gasteiger partial charge in [-0.1, -0.05) is 25.1 Å². The largest absolute Gasteiger partial charge is 0.383 e. The average molecular weight is 381 g/mol. The lowest BCUT2D eigenvalue weighted by Gasteiger charge is -2.15. The molecule has 0 fully saturated rings. The Balaban J connectivity index is 1.91. The molecule has 3 aromatic rings. The first-order valence-electron chi connectivity index (χ1n) is 9.49. The van der Waals surface area contributed by atoms with Gasteiger partial charge in [0.1, 0.15) is 5.82 Å². The number of hydrogen-bond donors (Lipinski definition) is 2. The molecule has 7 nitrogen and oxygen atoms in total. The molecule has 1 aromatic carbocycles. The van der Waals surface area contributed by atoms with Crippen LogP contribution in [-0.2, 0) is 17.7 Å². The number of carbonyl (C=O) groups excluding carboxylic acids is 1. The highest BCUT2D eigenvalue weighted by molar-refractivity contribution is 5.96. The molecule has 0 unspecified atom stereocenters. The lowest BCUT2D eigenvalue weighted by molar-refractivity contribution is 0.0936. The number of pyridine rings is 1. The molecule has 2 heterocycles. The van der Waals surface area contributed by atoms with E-state index in [2.05, 4.69) is 52.9 Å². The number of aryl methyl sites for hydroxylation is 3. The highest BCUT2D eigenvalue weighted by Crippen LogP contribution is 2.22. The van der Waals surface area contributed by atoms with Gasteiger partial charge in [-0.2, -0.15) is 0 Å². The second kappa shape index (κ2) is 8.84. The van der Waals surface area contributed by atoms with Crippen LogP contribution in [0.2, 0.25) is 0 Å². The lowest BCUT2D eigenvalue weighted by atomic mass is 10.00. The third-order valence-electron chi connectivity index (χ3n) is 4.87. The van der Waals surface area contributed by atoms with Crippen LogP contribution >= 0.6 is 0 Å². The first kappa shape index (κ1) is 19.8. The summed E-state index contributed by atoms with van der Waals surface area (Å²) in [5.41, 5.74) is 5.87. The lowest BCUT2D eigenvalue weighted by Crippen LogP contribution is -2.27. The fourth-order valence-electron chi connectivity index (χ4n) is 3.26. The number of amides is 1. The van der Waals surface area contributed by atoms with Crippen molar-refractivity contribution in [2.75, 3.05) is 25.6 Å². The highest BCUT2D eigenvalue weighted by atomic mass is 16.5. The van der Waals surface area contributed by atoms with Gasteiger partial charge in [-0.25, -0.2) is 0 Å². The summed E-state index contributed by atoms with van der Waals surface area (Å²) in [5.74, 6) is 0.579. The number of fused-ring (bicyclic) bond motifs is 1. The molecule has 3 rings (SSSR count). The second-order valence-corrected chi connectivity index (χ2v) is 6.75. The van der Waals surface area contributed by atoms with E-state index in [1.165, 1.54) is 16.7 Å². The summed E-state index contributed by atoms with van der Waals surface area (Å²) in [7, 11) is 1.61. The summed E-state index contributed by atoms with van der Waals surface area (Å²) in [6.45, 7) is 7.73. The molecule has 1 amide bonds. The van der Waals surface area contributed by atoms with Crippen molar-refractivity contribution < 1.29 is 9.53 Å². The molecule has 7 heteroatoms. The van der Waals surface area contributed by atoms with Crippen LogP contribution in [0.15, 0.2) is 30.5 Å². The standard InChI is InChI=1S/C21H27N5O2/c1-5-16-8-6-7-14(2)18(16)12-23-19-11-17(21(27)22-9-10-28-4)13-26-15(3)24-25-20(19)26/h6-8,11,13,23H,5,9-10,12H2,1-4H3,(H,22,27). The van der Waals surface area contributed by atoms with E-state index >= 15 is 0 Å². The molecular weight excluding hydrogens is 354 g/mol. The van der Waals surface area contributed by atoms with Crippen molar-refractivity contribution in [1.82, 2.24) is 19.9 Å². The van der Waals surface area contributed by atoms with Crippen molar-refractivity contribution in [2.24, 2.45) is 0 Å². The molecule has 0 aliphatic heterocycles. The minimum absolute atomic E-state index is 0.153. The molecule has 148 valence electrons. The number of anilines is 1. The summed E-state index contributed by atoms with van der Waals surface area (Å²) in [6, 6.07) is 8.19. The molecule has 0 saturated heterocycles. The van der Waals surface area contributed by atoms with E-state index in [1.807, 2.05) is 17.4 Å². The summed E-state index contributed by atoms with van der Waals surface area (Å²) < 4.78 is 6.84. The molecule has 2 aromatic heterocycles. The topological polar surface area (TPSA) is 80.5 Å². The van der Waals surface area contributed by atoms with E-state index in [0.29, 0.717) is 30.9 Å². The van der Waals surface area contributed by atoms with Gasteiger partial charge in [-0.3, -0.25) is 9.20 Å². The Labute approximate surface area is 165 Å². The Kier molecular flexibility index (Phi) is 6.26. The highest BCUT2D eigenvalue weighted by Gasteiger charge is 2.14. The van der Waals surface area contributed by atoms with Crippen molar-refractivity contribution in [1.29, 1.82) is 0 Å². The first-order valence-corrected chi connectivity index (χ1v) is 9.49. The first-order chi connectivity index (χ1) is 13.5. The smallest absolute Gasteiger partial charge is 0.252 e. The zero-order valence-electron chi connectivity index (χ0n) is 16.9. The Morgan fingerprint density at radius 3 is 2.82 bits per heavy atom. The van der Waals surface area contributed by atoms with Gasteiger partial charge in [0.25, 0.3) is 5.91 Å². The predicted octanol–water partition coefficient (Wildman–Crippen LogP) is 2.90. The molecule has 0 spiro atoms. The minimum Gasteiger partial charge on any atom is -0.383 e. The molecule has 0 aliphatic rings. The number of rotatable bonds is 8. The summed E-state index contributed by atoms with van der Waals surface area (Å²) in [5, 5.41) is 14.8. The average Bonchev–Trinajstić information content (AvgIpc) is 3.07. The molecule has 2 N–H and O–H groups in total. The van der Waals surface area contributed by atoms with Crippen LogP contribution in [0, 0.1) is 13.8 Å².